The van der Waals surface area contributed by atoms with E-state index in [9.17, 15) is 15.3 Å². The van der Waals surface area contributed by atoms with Crippen LogP contribution >= 0.6 is 11.3 Å². The molecular weight excluding hydrogens is 416 g/mol. The molecule has 3 saturated carbocycles. The Bertz CT molecular complexity index is 854. The Kier molecular flexibility index (Phi) is 7.46. The molecule has 3 N–H and O–H groups in total. The zero-order chi connectivity index (χ0) is 22.9. The molecule has 0 aromatic carbocycles. The normalized spacial score (nSPS) is 37.6. The van der Waals surface area contributed by atoms with Crippen molar-refractivity contribution in [1.29, 1.82) is 0 Å². The van der Waals surface area contributed by atoms with Gasteiger partial charge in [-0.2, -0.15) is 0 Å². The Balaban J connectivity index is 1.44. The van der Waals surface area contributed by atoms with Gasteiger partial charge < -0.3 is 15.3 Å². The fourth-order valence-corrected chi connectivity index (χ4v) is 7.67. The maximum Gasteiger partial charge on any atom is 0.0882 e. The van der Waals surface area contributed by atoms with Crippen molar-refractivity contribution in [2.24, 2.45) is 23.2 Å². The second-order valence-corrected chi connectivity index (χ2v) is 11.7. The lowest BCUT2D eigenvalue weighted by molar-refractivity contribution is 0.0828. The molecule has 0 aliphatic heterocycles. The minimum Gasteiger partial charge on any atom is -0.393 e. The van der Waals surface area contributed by atoms with Crippen molar-refractivity contribution in [2.45, 2.75) is 89.9 Å². The molecule has 176 valence electrons. The quantitative estimate of drug-likeness (QED) is 0.468. The lowest BCUT2D eigenvalue weighted by atomic mass is 9.60. The lowest BCUT2D eigenvalue weighted by Crippen LogP contribution is -2.36. The summed E-state index contributed by atoms with van der Waals surface area (Å²) in [6, 6.07) is 4.06. The van der Waals surface area contributed by atoms with E-state index in [2.05, 4.69) is 32.6 Å². The van der Waals surface area contributed by atoms with Gasteiger partial charge in [0.15, 0.2) is 0 Å². The summed E-state index contributed by atoms with van der Waals surface area (Å²) in [6.07, 6.45) is 12.1. The van der Waals surface area contributed by atoms with E-state index in [4.69, 9.17) is 0 Å². The Labute approximate surface area is 197 Å². The van der Waals surface area contributed by atoms with Crippen LogP contribution in [0.3, 0.4) is 0 Å². The van der Waals surface area contributed by atoms with Crippen molar-refractivity contribution < 1.29 is 15.3 Å². The van der Waals surface area contributed by atoms with Gasteiger partial charge >= 0.3 is 0 Å². The van der Waals surface area contributed by atoms with E-state index in [1.54, 1.807) is 16.9 Å². The molecule has 0 radical (unpaired) electrons. The van der Waals surface area contributed by atoms with Crippen LogP contribution < -0.4 is 0 Å². The van der Waals surface area contributed by atoms with Crippen LogP contribution in [0.5, 0.6) is 0 Å². The van der Waals surface area contributed by atoms with Crippen molar-refractivity contribution in [1.82, 2.24) is 0 Å². The molecule has 0 amide bonds. The van der Waals surface area contributed by atoms with Crippen molar-refractivity contribution in [3.8, 4) is 0 Å². The zero-order valence-corrected chi connectivity index (χ0v) is 20.5. The molecule has 0 saturated heterocycles. The molecule has 3 nitrogen and oxygen atoms in total. The van der Waals surface area contributed by atoms with E-state index in [0.717, 1.165) is 35.3 Å². The third-order valence-electron chi connectivity index (χ3n) is 8.76. The largest absolute Gasteiger partial charge is 0.393 e. The van der Waals surface area contributed by atoms with E-state index in [-0.39, 0.29) is 6.10 Å². The highest BCUT2D eigenvalue weighted by molar-refractivity contribution is 7.10. The first-order chi connectivity index (χ1) is 15.3. The molecule has 4 rings (SSSR count). The maximum absolute atomic E-state index is 10.5. The van der Waals surface area contributed by atoms with Gasteiger partial charge in [0.05, 0.1) is 18.3 Å². The summed E-state index contributed by atoms with van der Waals surface area (Å²) in [6.45, 7) is 8.97. The number of hydrogen-bond acceptors (Lipinski definition) is 4. The van der Waals surface area contributed by atoms with Gasteiger partial charge in [-0.25, -0.2) is 0 Å². The van der Waals surface area contributed by atoms with Gasteiger partial charge in [-0.15, -0.1) is 11.3 Å². The molecule has 7 atom stereocenters. The molecule has 4 heteroatoms. The predicted molar refractivity (Wildman–Crippen MR) is 132 cm³/mol. The fourth-order valence-electron chi connectivity index (χ4n) is 6.92. The number of aliphatic hydroxyl groups is 3. The molecule has 1 heterocycles. The fraction of sp³-hybridized carbons (Fsp3) is 0.643. The molecule has 3 aliphatic carbocycles. The summed E-state index contributed by atoms with van der Waals surface area (Å²) in [5.74, 6) is 1.93. The lowest BCUT2D eigenvalue weighted by Gasteiger charge is -2.44. The highest BCUT2D eigenvalue weighted by Gasteiger charge is 2.50. The summed E-state index contributed by atoms with van der Waals surface area (Å²) in [5.41, 5.74) is 3.65. The minimum absolute atomic E-state index is 0.329. The van der Waals surface area contributed by atoms with Crippen molar-refractivity contribution >= 4 is 11.3 Å². The molecule has 1 aromatic heterocycles. The van der Waals surface area contributed by atoms with E-state index in [0.29, 0.717) is 36.0 Å². The second-order valence-electron chi connectivity index (χ2n) is 10.7. The highest BCUT2D eigenvalue weighted by Crippen LogP contribution is 2.60. The zero-order valence-electron chi connectivity index (χ0n) is 19.7. The molecule has 3 fully saturated rings. The van der Waals surface area contributed by atoms with Crippen LogP contribution in [0.1, 0.15) is 82.6 Å². The Morgan fingerprint density at radius 3 is 2.81 bits per heavy atom. The van der Waals surface area contributed by atoms with Gasteiger partial charge in [-0.1, -0.05) is 44.2 Å². The van der Waals surface area contributed by atoms with Gasteiger partial charge in [0.2, 0.25) is 0 Å². The summed E-state index contributed by atoms with van der Waals surface area (Å²) in [7, 11) is 0. The number of aliphatic hydroxyl groups excluding tert-OH is 3. The Hall–Kier alpha value is -1.20. The standard InChI is InChI=1S/C28H40O3S/c1-18(8-13-25(30)27-7-5-15-32-27)23-11-12-24-20(6-4-14-28(23,24)3)9-10-21-16-22(29)17-26(31)19(21)2/h5,7,9-10,15,18,22-26,29-31H,2,4,6,8,11-14,16-17H2,1,3H3/b20-9+,21-10-/t18-,22-,23-,24+,25+,26+,28-/m1/s1. The molecular formula is C28H40O3S. The summed E-state index contributed by atoms with van der Waals surface area (Å²) < 4.78 is 0. The topological polar surface area (TPSA) is 60.7 Å². The van der Waals surface area contributed by atoms with Crippen LogP contribution in [-0.2, 0) is 0 Å². The average molecular weight is 457 g/mol. The predicted octanol–water partition coefficient (Wildman–Crippen LogP) is 6.34. The van der Waals surface area contributed by atoms with E-state index in [1.165, 1.54) is 25.7 Å². The van der Waals surface area contributed by atoms with Crippen LogP contribution in [0.2, 0.25) is 0 Å². The van der Waals surface area contributed by atoms with E-state index < -0.39 is 12.2 Å². The second kappa shape index (κ2) is 9.97. The Morgan fingerprint density at radius 1 is 1.25 bits per heavy atom. The molecule has 32 heavy (non-hydrogen) atoms. The highest BCUT2D eigenvalue weighted by atomic mass is 32.1. The first-order valence-corrected chi connectivity index (χ1v) is 13.3. The van der Waals surface area contributed by atoms with Crippen molar-refractivity contribution in [3.05, 3.63) is 57.8 Å². The van der Waals surface area contributed by atoms with Crippen molar-refractivity contribution in [3.63, 3.8) is 0 Å². The number of rotatable bonds is 6. The third kappa shape index (κ3) is 4.84. The van der Waals surface area contributed by atoms with Gasteiger partial charge in [0.25, 0.3) is 0 Å². The smallest absolute Gasteiger partial charge is 0.0882 e. The minimum atomic E-state index is -0.624. The van der Waals surface area contributed by atoms with Gasteiger partial charge in [0, 0.05) is 11.3 Å². The number of thiophene rings is 1. The molecule has 0 bridgehead atoms. The Morgan fingerprint density at radius 2 is 2.06 bits per heavy atom. The van der Waals surface area contributed by atoms with Crippen LogP contribution in [0.4, 0.5) is 0 Å². The first-order valence-electron chi connectivity index (χ1n) is 12.5. The van der Waals surface area contributed by atoms with Gasteiger partial charge in [-0.3, -0.25) is 0 Å². The van der Waals surface area contributed by atoms with Crippen LogP contribution in [0, 0.1) is 23.2 Å². The molecule has 0 unspecified atom stereocenters. The van der Waals surface area contributed by atoms with Gasteiger partial charge in [-0.05, 0) is 97.1 Å². The van der Waals surface area contributed by atoms with Crippen LogP contribution in [0.25, 0.3) is 0 Å². The van der Waals surface area contributed by atoms with E-state index >= 15 is 0 Å². The molecule has 3 aliphatic rings. The van der Waals surface area contributed by atoms with E-state index in [1.807, 2.05) is 17.5 Å². The summed E-state index contributed by atoms with van der Waals surface area (Å²) >= 11 is 1.65. The first kappa shape index (κ1) is 23.9. The van der Waals surface area contributed by atoms with Crippen LogP contribution in [-0.4, -0.2) is 27.5 Å². The summed E-state index contributed by atoms with van der Waals surface area (Å²) in [5, 5.41) is 32.8. The molecule has 1 aromatic rings. The number of allylic oxidation sites excluding steroid dienone is 3. The number of fused-ring (bicyclic) bond motifs is 1. The third-order valence-corrected chi connectivity index (χ3v) is 9.73. The molecule has 0 spiro atoms. The van der Waals surface area contributed by atoms with Crippen molar-refractivity contribution in [2.75, 3.05) is 0 Å². The average Bonchev–Trinajstić information content (AvgIpc) is 3.41. The monoisotopic (exact) mass is 456 g/mol. The summed E-state index contributed by atoms with van der Waals surface area (Å²) in [4.78, 5) is 1.09. The van der Waals surface area contributed by atoms with Crippen LogP contribution in [0.15, 0.2) is 53.0 Å². The maximum atomic E-state index is 10.5. The SMILES string of the molecule is C=C1/C(=C\C=C2/CCC[C@]3(C)[C@@H]([C@H](C)CC[C@H](O)c4cccs4)CC[C@@H]23)C[C@@H](O)C[C@@H]1O. The van der Waals surface area contributed by atoms with Gasteiger partial charge in [0.1, 0.15) is 0 Å². The number of hydrogen-bond donors (Lipinski definition) is 3.